The van der Waals surface area contributed by atoms with E-state index in [9.17, 15) is 9.59 Å². The van der Waals surface area contributed by atoms with Gasteiger partial charge >= 0.3 is 5.97 Å². The Labute approximate surface area is 160 Å². The highest BCUT2D eigenvalue weighted by Gasteiger charge is 2.47. The molecule has 142 valence electrons. The molecule has 4 rings (SSSR count). The van der Waals surface area contributed by atoms with Crippen LogP contribution in [0.4, 0.5) is 5.69 Å². The normalized spacial score (nSPS) is 24.1. The van der Waals surface area contributed by atoms with Crippen LogP contribution in [0.2, 0.25) is 0 Å². The van der Waals surface area contributed by atoms with E-state index in [0.717, 1.165) is 41.9 Å². The van der Waals surface area contributed by atoms with Crippen LogP contribution < -0.4 is 4.90 Å². The fourth-order valence-electron chi connectivity index (χ4n) is 4.72. The first kappa shape index (κ1) is 18.0. The molecule has 2 aliphatic heterocycles. The largest absolute Gasteiger partial charge is 0.456 e. The second-order valence-corrected chi connectivity index (χ2v) is 8.75. The standard InChI is InChI=1S/C23H27NO3/c1-5-6-16-20-17(11-23(3,4)12-19(20)25)24(15-9-7-14(2)8-10-15)18-13-27-22(26)21(16)18/h7-10,16H,5-6,11-13H2,1-4H3. The molecule has 0 saturated carbocycles. The van der Waals surface area contributed by atoms with Gasteiger partial charge < -0.3 is 9.64 Å². The molecule has 0 fully saturated rings. The van der Waals surface area contributed by atoms with E-state index in [1.165, 1.54) is 5.56 Å². The van der Waals surface area contributed by atoms with E-state index in [0.29, 0.717) is 12.0 Å². The maximum atomic E-state index is 13.2. The highest BCUT2D eigenvalue weighted by Crippen LogP contribution is 2.50. The number of ether oxygens (including phenoxy) is 1. The summed E-state index contributed by atoms with van der Waals surface area (Å²) in [5.41, 5.74) is 5.62. The van der Waals surface area contributed by atoms with Crippen molar-refractivity contribution in [2.24, 2.45) is 11.3 Å². The second kappa shape index (κ2) is 6.36. The van der Waals surface area contributed by atoms with Crippen molar-refractivity contribution in [2.75, 3.05) is 11.5 Å². The van der Waals surface area contributed by atoms with Crippen molar-refractivity contribution in [3.05, 3.63) is 52.4 Å². The third kappa shape index (κ3) is 2.91. The summed E-state index contributed by atoms with van der Waals surface area (Å²) in [6.45, 7) is 8.74. The van der Waals surface area contributed by atoms with Crippen molar-refractivity contribution < 1.29 is 14.3 Å². The number of benzene rings is 1. The summed E-state index contributed by atoms with van der Waals surface area (Å²) in [5, 5.41) is 0. The molecule has 1 unspecified atom stereocenters. The number of nitrogens with zero attached hydrogens (tertiary/aromatic N) is 1. The summed E-state index contributed by atoms with van der Waals surface area (Å²) < 4.78 is 5.45. The minimum Gasteiger partial charge on any atom is -0.456 e. The van der Waals surface area contributed by atoms with Crippen molar-refractivity contribution in [1.29, 1.82) is 0 Å². The van der Waals surface area contributed by atoms with Gasteiger partial charge in [0.15, 0.2) is 5.78 Å². The first-order valence-corrected chi connectivity index (χ1v) is 9.85. The molecule has 0 N–H and O–H groups in total. The van der Waals surface area contributed by atoms with Gasteiger partial charge in [-0.05, 0) is 37.3 Å². The third-order valence-corrected chi connectivity index (χ3v) is 5.87. The molecule has 0 aromatic heterocycles. The molecule has 0 saturated heterocycles. The SMILES string of the molecule is CCCC1C2=C(CC(C)(C)CC2=O)N(c2ccc(C)cc2)C2=C1C(=O)OC2. The summed E-state index contributed by atoms with van der Waals surface area (Å²) in [6, 6.07) is 8.28. The Balaban J connectivity index is 1.94. The minimum absolute atomic E-state index is 0.0861. The number of anilines is 1. The van der Waals surface area contributed by atoms with Crippen molar-refractivity contribution in [3.63, 3.8) is 0 Å². The Morgan fingerprint density at radius 1 is 1.07 bits per heavy atom. The van der Waals surface area contributed by atoms with Crippen LogP contribution in [-0.2, 0) is 14.3 Å². The molecule has 0 radical (unpaired) electrons. The smallest absolute Gasteiger partial charge is 0.336 e. The first-order valence-electron chi connectivity index (χ1n) is 9.85. The van der Waals surface area contributed by atoms with Gasteiger partial charge in [-0.1, -0.05) is 44.9 Å². The Morgan fingerprint density at radius 2 is 1.78 bits per heavy atom. The van der Waals surface area contributed by atoms with Crippen LogP contribution >= 0.6 is 0 Å². The molecule has 1 aliphatic carbocycles. The maximum absolute atomic E-state index is 13.2. The zero-order valence-corrected chi connectivity index (χ0v) is 16.6. The summed E-state index contributed by atoms with van der Waals surface area (Å²) in [6.07, 6.45) is 3.09. The molecule has 2 heterocycles. The number of Topliss-reactive ketones (excluding diaryl/α,β-unsaturated/α-hetero) is 1. The van der Waals surface area contributed by atoms with E-state index in [1.54, 1.807) is 0 Å². The number of carbonyl (C=O) groups is 2. The summed E-state index contributed by atoms with van der Waals surface area (Å²) in [5.74, 6) is -0.201. The van der Waals surface area contributed by atoms with Gasteiger partial charge in [-0.3, -0.25) is 4.79 Å². The molecule has 3 aliphatic rings. The predicted molar refractivity (Wildman–Crippen MR) is 105 cm³/mol. The molecule has 0 bridgehead atoms. The molecule has 0 amide bonds. The Morgan fingerprint density at radius 3 is 2.44 bits per heavy atom. The number of hydrogen-bond acceptors (Lipinski definition) is 4. The van der Waals surface area contributed by atoms with Crippen LogP contribution in [0.3, 0.4) is 0 Å². The number of hydrogen-bond donors (Lipinski definition) is 0. The van der Waals surface area contributed by atoms with Crippen LogP contribution in [0, 0.1) is 18.3 Å². The van der Waals surface area contributed by atoms with Crippen LogP contribution in [0.5, 0.6) is 0 Å². The molecule has 4 nitrogen and oxygen atoms in total. The molecular weight excluding hydrogens is 338 g/mol. The van der Waals surface area contributed by atoms with E-state index in [1.807, 2.05) is 0 Å². The second-order valence-electron chi connectivity index (χ2n) is 8.75. The average Bonchev–Trinajstić information content (AvgIpc) is 2.96. The number of rotatable bonds is 3. The van der Waals surface area contributed by atoms with E-state index in [4.69, 9.17) is 4.74 Å². The van der Waals surface area contributed by atoms with Gasteiger partial charge in [0.1, 0.15) is 6.61 Å². The highest BCUT2D eigenvalue weighted by molar-refractivity contribution is 6.05. The Bertz CT molecular complexity index is 873. The minimum atomic E-state index is -0.259. The van der Waals surface area contributed by atoms with Gasteiger partial charge in [0.05, 0.1) is 11.3 Å². The summed E-state index contributed by atoms with van der Waals surface area (Å²) >= 11 is 0. The fraction of sp³-hybridized carbons (Fsp3) is 0.478. The van der Waals surface area contributed by atoms with Gasteiger partial charge in [0.2, 0.25) is 0 Å². The lowest BCUT2D eigenvalue weighted by Crippen LogP contribution is -2.40. The zero-order valence-electron chi connectivity index (χ0n) is 16.6. The number of cyclic esters (lactones) is 1. The molecular formula is C23H27NO3. The van der Waals surface area contributed by atoms with Crippen LogP contribution in [0.25, 0.3) is 0 Å². The van der Waals surface area contributed by atoms with Crippen molar-refractivity contribution in [1.82, 2.24) is 0 Å². The molecule has 1 aromatic rings. The first-order chi connectivity index (χ1) is 12.8. The molecule has 27 heavy (non-hydrogen) atoms. The molecule has 0 spiro atoms. The number of esters is 1. The fourth-order valence-corrected chi connectivity index (χ4v) is 4.72. The number of carbonyl (C=O) groups excluding carboxylic acids is 2. The van der Waals surface area contributed by atoms with Crippen molar-refractivity contribution >= 4 is 17.4 Å². The van der Waals surface area contributed by atoms with Crippen molar-refractivity contribution in [2.45, 2.75) is 53.4 Å². The lowest BCUT2D eigenvalue weighted by molar-refractivity contribution is -0.136. The van der Waals surface area contributed by atoms with Gasteiger partial charge in [0.25, 0.3) is 0 Å². The number of allylic oxidation sites excluding steroid dienone is 2. The topological polar surface area (TPSA) is 46.6 Å². The highest BCUT2D eigenvalue weighted by atomic mass is 16.5. The van der Waals surface area contributed by atoms with Gasteiger partial charge in [-0.25, -0.2) is 4.79 Å². The predicted octanol–water partition coefficient (Wildman–Crippen LogP) is 4.69. The van der Waals surface area contributed by atoms with Gasteiger partial charge in [-0.2, -0.15) is 0 Å². The molecule has 1 atom stereocenters. The van der Waals surface area contributed by atoms with E-state index in [-0.39, 0.29) is 29.7 Å². The molecule has 4 heteroatoms. The molecule has 1 aromatic carbocycles. The third-order valence-electron chi connectivity index (χ3n) is 5.87. The average molecular weight is 365 g/mol. The Hall–Kier alpha value is -2.36. The summed E-state index contributed by atoms with van der Waals surface area (Å²) in [7, 11) is 0. The van der Waals surface area contributed by atoms with Gasteiger partial charge in [-0.15, -0.1) is 0 Å². The maximum Gasteiger partial charge on any atom is 0.336 e. The summed E-state index contributed by atoms with van der Waals surface area (Å²) in [4.78, 5) is 27.9. The zero-order chi connectivity index (χ0) is 19.3. The van der Waals surface area contributed by atoms with Crippen LogP contribution in [0.1, 0.15) is 52.0 Å². The monoisotopic (exact) mass is 365 g/mol. The van der Waals surface area contributed by atoms with E-state index < -0.39 is 0 Å². The lowest BCUT2D eigenvalue weighted by Gasteiger charge is -2.43. The van der Waals surface area contributed by atoms with E-state index in [2.05, 4.69) is 56.9 Å². The number of aryl methyl sites for hydroxylation is 1. The van der Waals surface area contributed by atoms with Crippen LogP contribution in [-0.4, -0.2) is 18.4 Å². The van der Waals surface area contributed by atoms with Crippen LogP contribution in [0.15, 0.2) is 46.8 Å². The van der Waals surface area contributed by atoms with Gasteiger partial charge in [0, 0.05) is 29.3 Å². The van der Waals surface area contributed by atoms with Crippen molar-refractivity contribution in [3.8, 4) is 0 Å². The quantitative estimate of drug-likeness (QED) is 0.729. The Kier molecular flexibility index (Phi) is 4.25. The van der Waals surface area contributed by atoms with E-state index >= 15 is 0 Å². The number of ketones is 1. The lowest BCUT2D eigenvalue weighted by atomic mass is 9.69.